The van der Waals surface area contributed by atoms with Gasteiger partial charge in [0.1, 0.15) is 8.07 Å². The minimum Gasteiger partial charge on any atom is -0.254 e. The van der Waals surface area contributed by atoms with Gasteiger partial charge in [-0.25, -0.2) is 4.68 Å². The first-order valence-corrected chi connectivity index (χ1v) is 12.3. The van der Waals surface area contributed by atoms with E-state index in [9.17, 15) is 0 Å². The van der Waals surface area contributed by atoms with Crippen LogP contribution in [0.4, 0.5) is 0 Å². The Morgan fingerprint density at radius 2 is 1.62 bits per heavy atom. The van der Waals surface area contributed by atoms with Gasteiger partial charge in [-0.3, -0.25) is 4.98 Å². The molecule has 0 bridgehead atoms. The summed E-state index contributed by atoms with van der Waals surface area (Å²) < 4.78 is 2.94. The van der Waals surface area contributed by atoms with Crippen LogP contribution in [0.2, 0.25) is 16.6 Å². The number of nitrogens with zero attached hydrogens (tertiary/aromatic N) is 4. The Hall–Kier alpha value is -1.53. The number of aromatic nitrogens is 4. The highest BCUT2D eigenvalue weighted by atomic mass is 79.9. The van der Waals surface area contributed by atoms with Gasteiger partial charge in [-0.2, -0.15) is 0 Å². The van der Waals surface area contributed by atoms with Gasteiger partial charge in [0.2, 0.25) is 0 Å². The third kappa shape index (κ3) is 3.14. The lowest BCUT2D eigenvalue weighted by Crippen LogP contribution is -2.56. The molecule has 6 heteroatoms. The zero-order valence-corrected chi connectivity index (χ0v) is 18.9. The summed E-state index contributed by atoms with van der Waals surface area (Å²) in [6, 6.07) is 8.23. The molecule has 0 fully saturated rings. The predicted molar refractivity (Wildman–Crippen MR) is 115 cm³/mol. The fraction of sp³-hybridized carbons (Fsp3) is 0.450. The second-order valence-electron chi connectivity index (χ2n) is 7.98. The molecule has 0 saturated heterocycles. The monoisotopic (exact) mass is 430 g/mol. The number of rotatable bonds is 5. The van der Waals surface area contributed by atoms with Gasteiger partial charge in [0.15, 0.2) is 0 Å². The molecule has 0 saturated carbocycles. The van der Waals surface area contributed by atoms with E-state index in [1.807, 2.05) is 23.0 Å². The smallest absolute Gasteiger partial charge is 0.122 e. The van der Waals surface area contributed by atoms with Gasteiger partial charge < -0.3 is 0 Å². The summed E-state index contributed by atoms with van der Waals surface area (Å²) in [5.74, 6) is 0. The van der Waals surface area contributed by atoms with Crippen LogP contribution in [0.15, 0.2) is 41.1 Å². The lowest BCUT2D eigenvalue weighted by atomic mass is 10.2. The molecule has 0 amide bonds. The van der Waals surface area contributed by atoms with Crippen molar-refractivity contribution in [1.29, 1.82) is 0 Å². The first kappa shape index (κ1) is 19.2. The topological polar surface area (TPSA) is 43.6 Å². The van der Waals surface area contributed by atoms with Crippen LogP contribution in [-0.4, -0.2) is 28.1 Å². The molecule has 0 unspecified atom stereocenters. The van der Waals surface area contributed by atoms with Crippen LogP contribution in [0.25, 0.3) is 16.6 Å². The molecule has 4 nitrogen and oxygen atoms in total. The van der Waals surface area contributed by atoms with Crippen molar-refractivity contribution in [2.24, 2.45) is 0 Å². The number of benzene rings is 1. The minimum absolute atomic E-state index is 0.610. The summed E-state index contributed by atoms with van der Waals surface area (Å²) in [4.78, 5) is 4.58. The van der Waals surface area contributed by atoms with Crippen LogP contribution in [0.3, 0.4) is 0 Å². The van der Waals surface area contributed by atoms with E-state index in [1.165, 1.54) is 5.32 Å². The third-order valence-corrected chi connectivity index (χ3v) is 13.0. The van der Waals surface area contributed by atoms with Gasteiger partial charge in [-0.15, -0.1) is 5.10 Å². The van der Waals surface area contributed by atoms with Crippen molar-refractivity contribution in [3.8, 4) is 5.69 Å². The average molecular weight is 431 g/mol. The maximum absolute atomic E-state index is 4.66. The first-order valence-electron chi connectivity index (χ1n) is 9.25. The van der Waals surface area contributed by atoms with Crippen LogP contribution < -0.4 is 5.32 Å². The van der Waals surface area contributed by atoms with Crippen LogP contribution >= 0.6 is 15.9 Å². The quantitative estimate of drug-likeness (QED) is 0.504. The Balaban J connectivity index is 2.09. The Bertz CT molecular complexity index is 895. The zero-order valence-electron chi connectivity index (χ0n) is 16.4. The molecule has 26 heavy (non-hydrogen) atoms. The normalized spacial score (nSPS) is 12.7. The van der Waals surface area contributed by atoms with Crippen molar-refractivity contribution in [3.63, 3.8) is 0 Å². The van der Waals surface area contributed by atoms with E-state index in [-0.39, 0.29) is 0 Å². The van der Waals surface area contributed by atoms with E-state index in [1.54, 1.807) is 0 Å². The maximum Gasteiger partial charge on any atom is 0.122 e. The largest absolute Gasteiger partial charge is 0.254 e. The molecular weight excluding hydrogens is 404 g/mol. The number of pyridine rings is 1. The molecule has 0 aliphatic carbocycles. The molecule has 0 radical (unpaired) electrons. The molecular formula is C20H27BrN4Si. The van der Waals surface area contributed by atoms with Crippen LogP contribution in [0.5, 0.6) is 0 Å². The molecule has 0 N–H and O–H groups in total. The highest BCUT2D eigenvalue weighted by Gasteiger charge is 2.46. The molecule has 1 aromatic carbocycles. The van der Waals surface area contributed by atoms with Crippen LogP contribution in [0, 0.1) is 0 Å². The summed E-state index contributed by atoms with van der Waals surface area (Å²) in [5, 5.41) is 11.4. The lowest BCUT2D eigenvalue weighted by molar-refractivity contribution is 0.798. The SMILES string of the molecule is CC(C)[Si](c1cn(-c2cnc3ccc(Br)cc3c2)nn1)(C(C)C)C(C)C. The number of halogens is 1. The average Bonchev–Trinajstić information content (AvgIpc) is 3.03. The lowest BCUT2D eigenvalue weighted by Gasteiger charge is -2.41. The standard InChI is InChI=1S/C20H27BrN4Si/c1-13(2)26(14(3)4,15(5)6)20-12-25(24-23-20)18-10-16-9-17(21)7-8-19(16)22-11-18/h7-15H,1-6H3. The molecule has 3 rings (SSSR count). The second kappa shape index (κ2) is 7.23. The van der Waals surface area contributed by atoms with Crippen molar-refractivity contribution >= 4 is 40.2 Å². The number of hydrogen-bond donors (Lipinski definition) is 0. The molecule has 3 aromatic rings. The Morgan fingerprint density at radius 1 is 0.962 bits per heavy atom. The molecule has 0 spiro atoms. The van der Waals surface area contributed by atoms with Gasteiger partial charge in [-0.05, 0) is 40.9 Å². The maximum atomic E-state index is 4.66. The third-order valence-electron chi connectivity index (χ3n) is 5.70. The van der Waals surface area contributed by atoms with E-state index in [0.29, 0.717) is 16.6 Å². The van der Waals surface area contributed by atoms with Gasteiger partial charge in [-0.1, -0.05) is 62.7 Å². The minimum atomic E-state index is -1.80. The van der Waals surface area contributed by atoms with E-state index < -0.39 is 8.07 Å². The van der Waals surface area contributed by atoms with Crippen molar-refractivity contribution < 1.29 is 0 Å². The molecule has 0 aliphatic heterocycles. The molecule has 2 heterocycles. The zero-order chi connectivity index (χ0) is 19.1. The van der Waals surface area contributed by atoms with Crippen molar-refractivity contribution in [3.05, 3.63) is 41.1 Å². The van der Waals surface area contributed by atoms with Crippen molar-refractivity contribution in [2.45, 2.75) is 58.2 Å². The van der Waals surface area contributed by atoms with Crippen LogP contribution in [-0.2, 0) is 0 Å². The van der Waals surface area contributed by atoms with Gasteiger partial charge in [0.25, 0.3) is 0 Å². The summed E-state index contributed by atoms with van der Waals surface area (Å²) in [6.07, 6.45) is 4.02. The highest BCUT2D eigenvalue weighted by Crippen LogP contribution is 2.40. The molecule has 0 aliphatic rings. The second-order valence-corrected chi connectivity index (χ2v) is 14.7. The van der Waals surface area contributed by atoms with E-state index in [4.69, 9.17) is 0 Å². The molecule has 2 aromatic heterocycles. The predicted octanol–water partition coefficient (Wildman–Crippen LogP) is 5.46. The first-order chi connectivity index (χ1) is 12.3. The van der Waals surface area contributed by atoms with E-state index in [2.05, 4.69) is 91.1 Å². The Labute approximate surface area is 165 Å². The van der Waals surface area contributed by atoms with E-state index >= 15 is 0 Å². The van der Waals surface area contributed by atoms with Gasteiger partial charge in [0.05, 0.1) is 22.7 Å². The van der Waals surface area contributed by atoms with Crippen molar-refractivity contribution in [1.82, 2.24) is 20.0 Å². The fourth-order valence-corrected chi connectivity index (χ4v) is 11.4. The van der Waals surface area contributed by atoms with Gasteiger partial charge >= 0.3 is 0 Å². The molecule has 138 valence electrons. The van der Waals surface area contributed by atoms with Gasteiger partial charge in [0, 0.05) is 16.1 Å². The fourth-order valence-electron chi connectivity index (χ4n) is 4.69. The Kier molecular flexibility index (Phi) is 5.35. The van der Waals surface area contributed by atoms with E-state index in [0.717, 1.165) is 21.1 Å². The number of hydrogen-bond acceptors (Lipinski definition) is 3. The summed E-state index contributed by atoms with van der Waals surface area (Å²) in [5.41, 5.74) is 3.76. The van der Waals surface area contributed by atoms with Crippen molar-refractivity contribution in [2.75, 3.05) is 0 Å². The number of fused-ring (bicyclic) bond motifs is 1. The summed E-state index contributed by atoms with van der Waals surface area (Å²) in [7, 11) is -1.80. The summed E-state index contributed by atoms with van der Waals surface area (Å²) >= 11 is 3.53. The molecule has 0 atom stereocenters. The Morgan fingerprint density at radius 3 is 2.23 bits per heavy atom. The highest BCUT2D eigenvalue weighted by molar-refractivity contribution is 9.10. The van der Waals surface area contributed by atoms with Crippen LogP contribution in [0.1, 0.15) is 41.5 Å². The summed E-state index contributed by atoms with van der Waals surface area (Å²) in [6.45, 7) is 14.1.